The molecular weight excluding hydrogens is 372 g/mol. The number of nitrogens with one attached hydrogen (secondary N) is 1. The van der Waals surface area contributed by atoms with Crippen LogP contribution >= 0.6 is 0 Å². The lowest BCUT2D eigenvalue weighted by molar-refractivity contribution is -0.138. The molecule has 1 atom stereocenters. The molecule has 0 radical (unpaired) electrons. The lowest BCUT2D eigenvalue weighted by Gasteiger charge is -2.31. The van der Waals surface area contributed by atoms with Crippen molar-refractivity contribution in [2.24, 2.45) is 0 Å². The van der Waals surface area contributed by atoms with Crippen molar-refractivity contribution in [1.82, 2.24) is 20.2 Å². The number of hydrogen-bond donors (Lipinski definition) is 2. The number of aromatic nitrogens is 4. The number of rotatable bonds is 4. The fraction of sp³-hybridized carbons (Fsp3) is 0.400. The predicted octanol–water partition coefficient (Wildman–Crippen LogP) is 1.91. The van der Waals surface area contributed by atoms with Crippen LogP contribution in [0.5, 0.6) is 0 Å². The van der Waals surface area contributed by atoms with Crippen molar-refractivity contribution >= 4 is 28.4 Å². The molecule has 3 aromatic heterocycles. The summed E-state index contributed by atoms with van der Waals surface area (Å²) in [5, 5.41) is 17.6. The number of aliphatic carboxylic acids is 1. The minimum absolute atomic E-state index is 0.526. The van der Waals surface area contributed by atoms with Gasteiger partial charge in [0.2, 0.25) is 0 Å². The predicted molar refractivity (Wildman–Crippen MR) is 108 cm³/mol. The summed E-state index contributed by atoms with van der Waals surface area (Å²) in [5.41, 5.74) is 3.13. The first-order chi connectivity index (χ1) is 14.2. The van der Waals surface area contributed by atoms with E-state index in [2.05, 4.69) is 20.1 Å². The van der Waals surface area contributed by atoms with Crippen LogP contribution in [0.4, 0.5) is 11.5 Å². The zero-order valence-electron chi connectivity index (χ0n) is 15.9. The number of ether oxygens (including phenoxy) is 1. The Morgan fingerprint density at radius 2 is 2.07 bits per heavy atom. The van der Waals surface area contributed by atoms with Gasteiger partial charge in [0.05, 0.1) is 24.6 Å². The summed E-state index contributed by atoms with van der Waals surface area (Å²) in [6.45, 7) is 3.51. The molecule has 5 rings (SSSR count). The average molecular weight is 394 g/mol. The summed E-state index contributed by atoms with van der Waals surface area (Å²) < 4.78 is 5.49. The number of pyridine rings is 2. The van der Waals surface area contributed by atoms with E-state index < -0.39 is 12.0 Å². The summed E-state index contributed by atoms with van der Waals surface area (Å²) in [4.78, 5) is 25.5. The second-order valence-corrected chi connectivity index (χ2v) is 7.31. The molecule has 0 saturated carbocycles. The fourth-order valence-corrected chi connectivity index (χ4v) is 4.21. The molecular formula is C20H22N6O3. The van der Waals surface area contributed by atoms with Gasteiger partial charge in [-0.25, -0.2) is 9.78 Å². The normalized spacial score (nSPS) is 19.8. The first kappa shape index (κ1) is 17.9. The number of aromatic amines is 1. The highest BCUT2D eigenvalue weighted by atomic mass is 16.5. The molecule has 9 heteroatoms. The maximum atomic E-state index is 11.9. The smallest absolute Gasteiger partial charge is 0.326 e. The third kappa shape index (κ3) is 3.17. The molecule has 2 aliphatic heterocycles. The second kappa shape index (κ2) is 7.32. The Bertz CT molecular complexity index is 1030. The maximum Gasteiger partial charge on any atom is 0.326 e. The van der Waals surface area contributed by atoms with Crippen LogP contribution in [0.3, 0.4) is 0 Å². The van der Waals surface area contributed by atoms with Gasteiger partial charge in [0.25, 0.3) is 0 Å². The molecule has 9 nitrogen and oxygen atoms in total. The van der Waals surface area contributed by atoms with E-state index in [1.54, 1.807) is 12.4 Å². The highest BCUT2D eigenvalue weighted by Gasteiger charge is 2.32. The Balaban J connectivity index is 1.72. The molecule has 0 aromatic carbocycles. The van der Waals surface area contributed by atoms with E-state index in [0.717, 1.165) is 47.6 Å². The third-order valence-corrected chi connectivity index (χ3v) is 5.63. The Hall–Kier alpha value is -3.20. The van der Waals surface area contributed by atoms with Gasteiger partial charge in [-0.15, -0.1) is 0 Å². The van der Waals surface area contributed by atoms with Crippen LogP contribution in [0.1, 0.15) is 12.8 Å². The second-order valence-electron chi connectivity index (χ2n) is 7.31. The number of morpholine rings is 1. The van der Waals surface area contributed by atoms with Gasteiger partial charge in [-0.05, 0) is 25.0 Å². The van der Waals surface area contributed by atoms with Gasteiger partial charge in [0.15, 0.2) is 0 Å². The Morgan fingerprint density at radius 3 is 2.83 bits per heavy atom. The van der Waals surface area contributed by atoms with Crippen molar-refractivity contribution in [3.63, 3.8) is 0 Å². The summed E-state index contributed by atoms with van der Waals surface area (Å²) in [5.74, 6) is 0.0313. The molecule has 150 valence electrons. The van der Waals surface area contributed by atoms with Crippen molar-refractivity contribution in [2.75, 3.05) is 42.6 Å². The largest absolute Gasteiger partial charge is 0.480 e. The monoisotopic (exact) mass is 394 g/mol. The van der Waals surface area contributed by atoms with E-state index in [4.69, 9.17) is 9.72 Å². The van der Waals surface area contributed by atoms with E-state index in [1.807, 2.05) is 23.1 Å². The zero-order valence-corrected chi connectivity index (χ0v) is 15.9. The molecule has 5 heterocycles. The van der Waals surface area contributed by atoms with Crippen molar-refractivity contribution in [3.8, 4) is 11.4 Å². The number of nitrogens with zero attached hydrogens (tertiary/aromatic N) is 5. The molecule has 0 bridgehead atoms. The standard InChI is InChI=1S/C20H22N6O3/c27-20(28)15-2-1-7-26(15)16-12-17(25-8-10-29-11-9-25)23-18-13(16)3-5-21-19(18)14-4-6-22-24-14/h3-6,12,15H,1-2,7-11H2,(H,22,24)(H,27,28)/t15-/m0/s1. The quantitative estimate of drug-likeness (QED) is 0.691. The van der Waals surface area contributed by atoms with Crippen LogP contribution in [0, 0.1) is 0 Å². The SMILES string of the molecule is O=C(O)[C@@H]1CCCN1c1cc(N2CCOCC2)nc2c(-c3ccn[nH]3)nccc12. The Labute approximate surface area is 167 Å². The summed E-state index contributed by atoms with van der Waals surface area (Å²) in [6.07, 6.45) is 4.92. The van der Waals surface area contributed by atoms with Crippen molar-refractivity contribution in [1.29, 1.82) is 0 Å². The first-order valence-electron chi connectivity index (χ1n) is 9.84. The van der Waals surface area contributed by atoms with Gasteiger partial charge >= 0.3 is 5.97 Å². The van der Waals surface area contributed by atoms with Gasteiger partial charge in [-0.2, -0.15) is 5.10 Å². The summed E-state index contributed by atoms with van der Waals surface area (Å²) in [7, 11) is 0. The minimum Gasteiger partial charge on any atom is -0.480 e. The van der Waals surface area contributed by atoms with Crippen LogP contribution in [0.25, 0.3) is 22.3 Å². The molecule has 2 fully saturated rings. The molecule has 0 aliphatic carbocycles. The molecule has 29 heavy (non-hydrogen) atoms. The summed E-state index contributed by atoms with van der Waals surface area (Å²) >= 11 is 0. The van der Waals surface area contributed by atoms with Crippen LogP contribution in [-0.2, 0) is 9.53 Å². The van der Waals surface area contributed by atoms with Crippen LogP contribution in [0.2, 0.25) is 0 Å². The Morgan fingerprint density at radius 1 is 1.21 bits per heavy atom. The minimum atomic E-state index is -0.789. The topological polar surface area (TPSA) is 107 Å². The number of carboxylic acids is 1. The fourth-order valence-electron chi connectivity index (χ4n) is 4.21. The van der Waals surface area contributed by atoms with Crippen molar-refractivity contribution < 1.29 is 14.6 Å². The van der Waals surface area contributed by atoms with Crippen LogP contribution < -0.4 is 9.80 Å². The van der Waals surface area contributed by atoms with Crippen LogP contribution in [0.15, 0.2) is 30.6 Å². The van der Waals surface area contributed by atoms with E-state index in [9.17, 15) is 9.90 Å². The van der Waals surface area contributed by atoms with Crippen molar-refractivity contribution in [2.45, 2.75) is 18.9 Å². The summed E-state index contributed by atoms with van der Waals surface area (Å²) in [6, 6.07) is 5.27. The van der Waals surface area contributed by atoms with Gasteiger partial charge in [0, 0.05) is 43.5 Å². The van der Waals surface area contributed by atoms with Gasteiger partial charge < -0.3 is 19.6 Å². The molecule has 0 unspecified atom stereocenters. The molecule has 2 N–H and O–H groups in total. The molecule has 0 spiro atoms. The zero-order chi connectivity index (χ0) is 19.8. The average Bonchev–Trinajstić information content (AvgIpc) is 3.45. The number of hydrogen-bond acceptors (Lipinski definition) is 7. The van der Waals surface area contributed by atoms with Crippen molar-refractivity contribution in [3.05, 3.63) is 30.6 Å². The number of carbonyl (C=O) groups is 1. The molecule has 2 aliphatic rings. The first-order valence-corrected chi connectivity index (χ1v) is 9.84. The number of H-pyrrole nitrogens is 1. The molecule has 0 amide bonds. The van der Waals surface area contributed by atoms with E-state index in [0.29, 0.717) is 31.9 Å². The number of carboxylic acid groups (broad SMARTS) is 1. The van der Waals surface area contributed by atoms with E-state index in [1.165, 1.54) is 0 Å². The van der Waals surface area contributed by atoms with Crippen LogP contribution in [-0.4, -0.2) is 70.1 Å². The molecule has 3 aromatic rings. The lowest BCUT2D eigenvalue weighted by Crippen LogP contribution is -2.38. The van der Waals surface area contributed by atoms with E-state index in [-0.39, 0.29) is 0 Å². The van der Waals surface area contributed by atoms with Gasteiger partial charge in [-0.3, -0.25) is 10.1 Å². The number of fused-ring (bicyclic) bond motifs is 1. The third-order valence-electron chi connectivity index (χ3n) is 5.63. The highest BCUT2D eigenvalue weighted by molar-refractivity contribution is 6.01. The lowest BCUT2D eigenvalue weighted by atomic mass is 10.1. The number of anilines is 2. The van der Waals surface area contributed by atoms with Gasteiger partial charge in [0.1, 0.15) is 23.1 Å². The van der Waals surface area contributed by atoms with Gasteiger partial charge in [-0.1, -0.05) is 0 Å². The maximum absolute atomic E-state index is 11.9. The van der Waals surface area contributed by atoms with E-state index >= 15 is 0 Å². The highest BCUT2D eigenvalue weighted by Crippen LogP contribution is 2.37. The Kier molecular flexibility index (Phi) is 4.51. The molecule has 2 saturated heterocycles.